The first-order chi connectivity index (χ1) is 7.21. The van der Waals surface area contributed by atoms with Gasteiger partial charge in [0, 0.05) is 6.04 Å². The maximum Gasteiger partial charge on any atom is 0.115 e. The molecule has 2 heteroatoms. The van der Waals surface area contributed by atoms with Crippen molar-refractivity contribution in [1.29, 1.82) is 0 Å². The molecule has 0 spiro atoms. The van der Waals surface area contributed by atoms with E-state index in [2.05, 4.69) is 0 Å². The summed E-state index contributed by atoms with van der Waals surface area (Å²) < 4.78 is 14.8. The van der Waals surface area contributed by atoms with Gasteiger partial charge in [-0.1, -0.05) is 25.7 Å². The third kappa shape index (κ3) is 2.72. The van der Waals surface area contributed by atoms with Crippen molar-refractivity contribution in [3.8, 4) is 0 Å². The molecule has 2 fully saturated rings. The van der Waals surface area contributed by atoms with Gasteiger partial charge in [0.2, 0.25) is 0 Å². The highest BCUT2D eigenvalue weighted by molar-refractivity contribution is 4.94. The Morgan fingerprint density at radius 1 is 0.933 bits per heavy atom. The summed E-state index contributed by atoms with van der Waals surface area (Å²) >= 11 is 0. The number of nitrogens with two attached hydrogens (primary N) is 1. The van der Waals surface area contributed by atoms with E-state index in [1.54, 1.807) is 0 Å². The molecule has 0 aromatic rings. The minimum Gasteiger partial charge on any atom is -0.328 e. The first kappa shape index (κ1) is 11.4. The molecule has 0 saturated heterocycles. The molecule has 2 rings (SSSR count). The SMILES string of the molecule is NC1CCCC(F)(C2CCCCCC2)C1. The summed E-state index contributed by atoms with van der Waals surface area (Å²) in [7, 11) is 0. The maximum atomic E-state index is 14.8. The lowest BCUT2D eigenvalue weighted by Crippen LogP contribution is -2.43. The van der Waals surface area contributed by atoms with Gasteiger partial charge in [-0.05, 0) is 44.4 Å². The van der Waals surface area contributed by atoms with Crippen LogP contribution in [0.4, 0.5) is 4.39 Å². The van der Waals surface area contributed by atoms with E-state index in [0.717, 1.165) is 32.1 Å². The molecule has 2 N–H and O–H groups in total. The van der Waals surface area contributed by atoms with Crippen LogP contribution in [0.3, 0.4) is 0 Å². The van der Waals surface area contributed by atoms with Crippen molar-refractivity contribution in [2.45, 2.75) is 75.9 Å². The summed E-state index contributed by atoms with van der Waals surface area (Å²) in [5.74, 6) is 0.311. The smallest absolute Gasteiger partial charge is 0.115 e. The Kier molecular flexibility index (Phi) is 3.65. The van der Waals surface area contributed by atoms with Crippen LogP contribution in [0, 0.1) is 5.92 Å². The van der Waals surface area contributed by atoms with Crippen LogP contribution in [0.15, 0.2) is 0 Å². The topological polar surface area (TPSA) is 26.0 Å². The van der Waals surface area contributed by atoms with Crippen molar-refractivity contribution in [3.63, 3.8) is 0 Å². The van der Waals surface area contributed by atoms with Gasteiger partial charge >= 0.3 is 0 Å². The molecule has 15 heavy (non-hydrogen) atoms. The van der Waals surface area contributed by atoms with Gasteiger partial charge in [-0.25, -0.2) is 4.39 Å². The minimum absolute atomic E-state index is 0.118. The number of halogens is 1. The molecule has 0 radical (unpaired) electrons. The van der Waals surface area contributed by atoms with Crippen molar-refractivity contribution < 1.29 is 4.39 Å². The van der Waals surface area contributed by atoms with Crippen LogP contribution in [0.2, 0.25) is 0 Å². The molecule has 0 amide bonds. The van der Waals surface area contributed by atoms with Gasteiger partial charge in [-0.15, -0.1) is 0 Å². The first-order valence-corrected chi connectivity index (χ1v) is 6.65. The van der Waals surface area contributed by atoms with Gasteiger partial charge in [0.1, 0.15) is 5.67 Å². The zero-order chi connectivity index (χ0) is 10.7. The molecule has 2 atom stereocenters. The standard InChI is InChI=1S/C13H24FN/c14-13(9-5-8-12(15)10-13)11-6-3-1-2-4-7-11/h11-12H,1-10,15H2. The van der Waals surface area contributed by atoms with Crippen molar-refractivity contribution >= 4 is 0 Å². The van der Waals surface area contributed by atoms with E-state index >= 15 is 0 Å². The molecule has 0 bridgehead atoms. The van der Waals surface area contributed by atoms with E-state index in [-0.39, 0.29) is 6.04 Å². The quantitative estimate of drug-likeness (QED) is 0.662. The Morgan fingerprint density at radius 2 is 1.60 bits per heavy atom. The van der Waals surface area contributed by atoms with Gasteiger partial charge in [0.25, 0.3) is 0 Å². The van der Waals surface area contributed by atoms with Gasteiger partial charge in [-0.2, -0.15) is 0 Å². The molecule has 2 unspecified atom stereocenters. The lowest BCUT2D eigenvalue weighted by Gasteiger charge is -2.39. The van der Waals surface area contributed by atoms with Gasteiger partial charge < -0.3 is 5.73 Å². The first-order valence-electron chi connectivity index (χ1n) is 6.65. The van der Waals surface area contributed by atoms with Gasteiger partial charge in [0.05, 0.1) is 0 Å². The second-order valence-corrected chi connectivity index (χ2v) is 5.58. The van der Waals surface area contributed by atoms with E-state index < -0.39 is 5.67 Å². The Bertz CT molecular complexity index is 199. The second-order valence-electron chi connectivity index (χ2n) is 5.58. The van der Waals surface area contributed by atoms with E-state index in [1.165, 1.54) is 25.7 Å². The van der Waals surface area contributed by atoms with E-state index in [0.29, 0.717) is 12.3 Å². The molecule has 2 aliphatic rings. The Balaban J connectivity index is 1.98. The fraction of sp³-hybridized carbons (Fsp3) is 1.00. The number of alkyl halides is 1. The van der Waals surface area contributed by atoms with Crippen LogP contribution in [0.1, 0.15) is 64.2 Å². The van der Waals surface area contributed by atoms with Crippen LogP contribution >= 0.6 is 0 Å². The summed E-state index contributed by atoms with van der Waals surface area (Å²) in [5, 5.41) is 0. The van der Waals surface area contributed by atoms with Crippen molar-refractivity contribution in [2.24, 2.45) is 11.7 Å². The Labute approximate surface area is 92.6 Å². The lowest BCUT2D eigenvalue weighted by molar-refractivity contribution is 0.0231. The minimum atomic E-state index is -0.915. The molecule has 0 aliphatic heterocycles. The number of hydrogen-bond acceptors (Lipinski definition) is 1. The normalized spacial score (nSPS) is 40.0. The van der Waals surface area contributed by atoms with E-state index in [4.69, 9.17) is 5.73 Å². The summed E-state index contributed by atoms with van der Waals surface area (Å²) in [5.41, 5.74) is 5.00. The molecular weight excluding hydrogens is 189 g/mol. The van der Waals surface area contributed by atoms with Crippen LogP contribution in [-0.2, 0) is 0 Å². The highest BCUT2D eigenvalue weighted by Crippen LogP contribution is 2.43. The second kappa shape index (κ2) is 4.82. The Hall–Kier alpha value is -0.110. The number of hydrogen-bond donors (Lipinski definition) is 1. The third-order valence-corrected chi connectivity index (χ3v) is 4.36. The van der Waals surface area contributed by atoms with Gasteiger partial charge in [0.15, 0.2) is 0 Å². The molecule has 88 valence electrons. The monoisotopic (exact) mass is 213 g/mol. The maximum absolute atomic E-state index is 14.8. The third-order valence-electron chi connectivity index (χ3n) is 4.36. The zero-order valence-corrected chi connectivity index (χ0v) is 9.68. The fourth-order valence-electron chi connectivity index (χ4n) is 3.47. The lowest BCUT2D eigenvalue weighted by atomic mass is 9.72. The average molecular weight is 213 g/mol. The number of rotatable bonds is 1. The van der Waals surface area contributed by atoms with Crippen molar-refractivity contribution in [1.82, 2.24) is 0 Å². The molecule has 2 saturated carbocycles. The molecule has 2 aliphatic carbocycles. The summed E-state index contributed by atoms with van der Waals surface area (Å²) in [6.07, 6.45) is 10.7. The van der Waals surface area contributed by atoms with Crippen molar-refractivity contribution in [2.75, 3.05) is 0 Å². The molecule has 1 nitrogen and oxygen atoms in total. The highest BCUT2D eigenvalue weighted by atomic mass is 19.1. The summed E-state index contributed by atoms with van der Waals surface area (Å²) in [4.78, 5) is 0. The summed E-state index contributed by atoms with van der Waals surface area (Å²) in [6.45, 7) is 0. The molecule has 0 aromatic heterocycles. The fourth-order valence-corrected chi connectivity index (χ4v) is 3.47. The molecule has 0 aromatic carbocycles. The van der Waals surface area contributed by atoms with E-state index in [9.17, 15) is 4.39 Å². The van der Waals surface area contributed by atoms with Crippen molar-refractivity contribution in [3.05, 3.63) is 0 Å². The average Bonchev–Trinajstić information content (AvgIpc) is 2.45. The van der Waals surface area contributed by atoms with Crippen LogP contribution in [0.25, 0.3) is 0 Å². The van der Waals surface area contributed by atoms with Crippen LogP contribution in [0.5, 0.6) is 0 Å². The highest BCUT2D eigenvalue weighted by Gasteiger charge is 2.41. The zero-order valence-electron chi connectivity index (χ0n) is 9.68. The largest absolute Gasteiger partial charge is 0.328 e. The van der Waals surface area contributed by atoms with E-state index in [1.807, 2.05) is 0 Å². The predicted molar refractivity (Wildman–Crippen MR) is 61.5 cm³/mol. The predicted octanol–water partition coefficient (Wildman–Crippen LogP) is 3.57. The molecular formula is C13H24FN. The Morgan fingerprint density at radius 3 is 2.20 bits per heavy atom. The van der Waals surface area contributed by atoms with Crippen LogP contribution in [-0.4, -0.2) is 11.7 Å². The summed E-state index contributed by atoms with van der Waals surface area (Å²) in [6, 6.07) is 0.118. The van der Waals surface area contributed by atoms with Crippen LogP contribution < -0.4 is 5.73 Å². The molecule has 0 heterocycles. The van der Waals surface area contributed by atoms with Gasteiger partial charge in [-0.3, -0.25) is 0 Å².